The van der Waals surface area contributed by atoms with Gasteiger partial charge in [-0.3, -0.25) is 14.4 Å². The third-order valence-corrected chi connectivity index (χ3v) is 12.9. The molecule has 3 fully saturated rings. The van der Waals surface area contributed by atoms with Crippen LogP contribution in [0.15, 0.2) is 30.9 Å². The fourth-order valence-electron chi connectivity index (χ4n) is 9.44. The van der Waals surface area contributed by atoms with Gasteiger partial charge in [-0.25, -0.2) is 14.8 Å². The quantitative estimate of drug-likeness (QED) is 0.138. The van der Waals surface area contributed by atoms with Crippen molar-refractivity contribution in [2.75, 3.05) is 27.7 Å². The van der Waals surface area contributed by atoms with Crippen molar-refractivity contribution in [3.8, 4) is 11.3 Å². The van der Waals surface area contributed by atoms with Crippen molar-refractivity contribution in [3.63, 3.8) is 0 Å². The number of aliphatic hydroxyl groups is 1. The average molecular weight is 830 g/mol. The van der Waals surface area contributed by atoms with Crippen LogP contribution in [0.5, 0.6) is 0 Å². The number of hydrogen-bond donors (Lipinski definition) is 1. The van der Waals surface area contributed by atoms with E-state index in [1.54, 1.807) is 58.8 Å². The lowest BCUT2D eigenvalue weighted by Gasteiger charge is -2.47. The summed E-state index contributed by atoms with van der Waals surface area (Å²) in [5, 5.41) is 11.4. The Morgan fingerprint density at radius 3 is 2.32 bits per heavy atom. The van der Waals surface area contributed by atoms with Gasteiger partial charge in [-0.2, -0.15) is 4.39 Å². The average Bonchev–Trinajstić information content (AvgIpc) is 3.77. The lowest BCUT2D eigenvalue weighted by molar-refractivity contribution is -0.295. The molecule has 3 aliphatic rings. The summed E-state index contributed by atoms with van der Waals surface area (Å²) in [4.78, 5) is 68.4. The van der Waals surface area contributed by atoms with Crippen LogP contribution in [0.3, 0.4) is 0 Å². The van der Waals surface area contributed by atoms with Crippen molar-refractivity contribution in [1.29, 1.82) is 0 Å². The molecule has 0 radical (unpaired) electrons. The summed E-state index contributed by atoms with van der Waals surface area (Å²) in [5.41, 5.74) is -1.38. The van der Waals surface area contributed by atoms with E-state index in [0.717, 1.165) is 0 Å². The molecule has 16 heteroatoms. The molecular formula is C43H64FN5O10. The lowest BCUT2D eigenvalue weighted by atomic mass is 9.73. The van der Waals surface area contributed by atoms with Crippen molar-refractivity contribution >= 4 is 23.6 Å². The van der Waals surface area contributed by atoms with Gasteiger partial charge in [0.05, 0.1) is 35.9 Å². The number of aliphatic hydroxyl groups excluding tert-OH is 1. The fraction of sp³-hybridized carbons (Fsp3) is 0.721. The first-order valence-electron chi connectivity index (χ1n) is 20.9. The molecule has 0 saturated carbocycles. The molecule has 3 aliphatic heterocycles. The number of carbonyl (C=O) groups excluding carboxylic acids is 4. The molecule has 5 rings (SSSR count). The summed E-state index contributed by atoms with van der Waals surface area (Å²) in [6.45, 7) is 14.7. The first-order chi connectivity index (χ1) is 27.8. The highest BCUT2D eigenvalue weighted by Gasteiger charge is 2.60. The second-order valence-electron chi connectivity index (χ2n) is 17.5. The zero-order chi connectivity index (χ0) is 43.6. The number of ketones is 2. The normalized spacial score (nSPS) is 36.3. The Morgan fingerprint density at radius 1 is 1.00 bits per heavy atom. The topological polar surface area (TPSA) is 172 Å². The maximum atomic E-state index is 14.7. The predicted molar refractivity (Wildman–Crippen MR) is 214 cm³/mol. The number of nitrogens with zero attached hydrogens (tertiary/aromatic N) is 5. The molecule has 1 amide bonds. The number of carbonyl (C=O) groups is 4. The van der Waals surface area contributed by atoms with Gasteiger partial charge in [0.15, 0.2) is 17.7 Å². The van der Waals surface area contributed by atoms with Crippen LogP contribution >= 0.6 is 0 Å². The molecule has 15 nitrogen and oxygen atoms in total. The molecule has 59 heavy (non-hydrogen) atoms. The third kappa shape index (κ3) is 9.72. The van der Waals surface area contributed by atoms with E-state index < -0.39 is 89.3 Å². The number of halogens is 1. The number of fused-ring (bicyclic) bond motifs is 1. The Balaban J connectivity index is 1.43. The largest absolute Gasteiger partial charge is 0.458 e. The molecule has 1 N–H and O–H groups in total. The van der Waals surface area contributed by atoms with Gasteiger partial charge in [-0.05, 0) is 86.0 Å². The van der Waals surface area contributed by atoms with Crippen LogP contribution in [0.1, 0.15) is 87.5 Å². The van der Waals surface area contributed by atoms with Crippen LogP contribution in [0, 0.1) is 29.6 Å². The van der Waals surface area contributed by atoms with Gasteiger partial charge in [0.25, 0.3) is 0 Å². The van der Waals surface area contributed by atoms with Crippen molar-refractivity contribution in [1.82, 2.24) is 24.3 Å². The van der Waals surface area contributed by atoms with Crippen LogP contribution < -0.4 is 0 Å². The highest BCUT2D eigenvalue weighted by molar-refractivity contribution is 6.00. The maximum Gasteiger partial charge on any atom is 0.410 e. The zero-order valence-electron chi connectivity index (χ0n) is 36.4. The Bertz CT molecular complexity index is 1790. The summed E-state index contributed by atoms with van der Waals surface area (Å²) in [6, 6.07) is 1.78. The molecule has 13 atom stereocenters. The van der Waals surface area contributed by atoms with Gasteiger partial charge in [0.2, 0.25) is 5.95 Å². The Kier molecular flexibility index (Phi) is 14.8. The van der Waals surface area contributed by atoms with Crippen LogP contribution in [0.25, 0.3) is 11.3 Å². The van der Waals surface area contributed by atoms with Crippen molar-refractivity contribution in [2.24, 2.45) is 23.7 Å². The first kappa shape index (κ1) is 46.2. The summed E-state index contributed by atoms with van der Waals surface area (Å²) >= 11 is 0. The number of unbranched alkanes of at least 4 members (excludes halogenated alkanes) is 1. The maximum absolute atomic E-state index is 14.7. The molecule has 0 aliphatic carbocycles. The van der Waals surface area contributed by atoms with Crippen molar-refractivity contribution in [2.45, 2.75) is 148 Å². The first-order valence-corrected chi connectivity index (χ1v) is 20.9. The summed E-state index contributed by atoms with van der Waals surface area (Å²) < 4.78 is 46.4. The number of pyridine rings is 1. The SMILES string of the molecule is CC[C@H]1OC(=O)[C@H](C)C(=O)[C@H](C)[C@@H](O[C@@H]2O[C@H](C)C[C@H](N(C)C)[C@H]2O)[C@@](C)(OC)C[C@@H](C)C(=O)[C@H](C)[C@H]2N(CCCCn3cnc(-c4ccc(F)nc4)c3)C(=O)O[C@]12C. The van der Waals surface area contributed by atoms with E-state index in [9.17, 15) is 28.7 Å². The summed E-state index contributed by atoms with van der Waals surface area (Å²) in [7, 11) is 5.21. The molecule has 0 bridgehead atoms. The number of rotatable bonds is 11. The minimum atomic E-state index is -1.43. The molecule has 5 heterocycles. The fourth-order valence-corrected chi connectivity index (χ4v) is 9.44. The standard InChI is InChI=1S/C43H64FN5O10/c1-12-32-43(8)37(49(41(54)59-43)18-14-13-17-48-22-30(46-23-48)29-15-16-33(44)45-21-29)26(4)34(50)24(2)20-42(7,55-11)38(27(5)35(51)28(6)39(53)57-32)58-40-36(52)31(47(9)10)19-25(3)56-40/h15-16,21-28,31-32,36-38,40,52H,12-14,17-20H2,1-11H3/t24-,25-,26+,27+,28-,31+,32-,36-,37-,38-,40+,42+,43-/m1/s1. The molecule has 328 valence electrons. The highest BCUT2D eigenvalue weighted by Crippen LogP contribution is 2.43. The van der Waals surface area contributed by atoms with Crippen molar-refractivity contribution < 1.29 is 52.4 Å². The van der Waals surface area contributed by atoms with Gasteiger partial charge in [0.1, 0.15) is 23.9 Å². The number of likely N-dealkylation sites (N-methyl/N-ethyl adjacent to an activating group) is 1. The molecular weight excluding hydrogens is 765 g/mol. The minimum absolute atomic E-state index is 0.111. The number of hydrogen-bond acceptors (Lipinski definition) is 13. The van der Waals surface area contributed by atoms with E-state index in [-0.39, 0.29) is 37.3 Å². The number of cyclic esters (lactones) is 1. The smallest absolute Gasteiger partial charge is 0.410 e. The number of esters is 1. The van der Waals surface area contributed by atoms with Gasteiger partial charge >= 0.3 is 12.1 Å². The molecule has 0 spiro atoms. The van der Waals surface area contributed by atoms with Crippen LogP contribution in [0.2, 0.25) is 0 Å². The van der Waals surface area contributed by atoms with E-state index in [0.29, 0.717) is 37.1 Å². The molecule has 0 aromatic carbocycles. The third-order valence-electron chi connectivity index (χ3n) is 12.9. The van der Waals surface area contributed by atoms with E-state index in [4.69, 9.17) is 23.7 Å². The summed E-state index contributed by atoms with van der Waals surface area (Å²) in [6.07, 6.45) is 1.93. The van der Waals surface area contributed by atoms with E-state index in [1.807, 2.05) is 36.7 Å². The van der Waals surface area contributed by atoms with Crippen LogP contribution in [0.4, 0.5) is 9.18 Å². The number of Topliss-reactive ketones (excluding diaryl/α,β-unsaturated/α-hetero) is 2. The minimum Gasteiger partial charge on any atom is -0.458 e. The Morgan fingerprint density at radius 2 is 1.69 bits per heavy atom. The number of ether oxygens (including phenoxy) is 5. The molecule has 0 unspecified atom stereocenters. The van der Waals surface area contributed by atoms with Crippen molar-refractivity contribution in [3.05, 3.63) is 36.8 Å². The number of imidazole rings is 1. The van der Waals surface area contributed by atoms with Gasteiger partial charge in [-0.15, -0.1) is 0 Å². The number of aromatic nitrogens is 3. The zero-order valence-corrected chi connectivity index (χ0v) is 36.4. The summed E-state index contributed by atoms with van der Waals surface area (Å²) in [5.74, 6) is -5.66. The van der Waals surface area contributed by atoms with Gasteiger partial charge in [-0.1, -0.05) is 27.7 Å². The van der Waals surface area contributed by atoms with E-state index in [2.05, 4.69) is 9.97 Å². The number of aryl methyl sites for hydroxylation is 1. The van der Waals surface area contributed by atoms with Gasteiger partial charge < -0.3 is 43.2 Å². The second kappa shape index (κ2) is 18.8. The molecule has 2 aromatic rings. The molecule has 2 aromatic heterocycles. The Labute approximate surface area is 347 Å². The second-order valence-corrected chi connectivity index (χ2v) is 17.5. The highest BCUT2D eigenvalue weighted by atomic mass is 19.1. The number of methoxy groups -OCH3 is 1. The van der Waals surface area contributed by atoms with Crippen LogP contribution in [-0.2, 0) is 44.6 Å². The van der Waals surface area contributed by atoms with Gasteiger partial charge in [0, 0.05) is 62.0 Å². The van der Waals surface area contributed by atoms with E-state index in [1.165, 1.54) is 26.3 Å². The number of amides is 1. The van der Waals surface area contributed by atoms with E-state index >= 15 is 0 Å². The predicted octanol–water partition coefficient (Wildman–Crippen LogP) is 5.07. The lowest BCUT2D eigenvalue weighted by Crippen LogP contribution is -2.60. The van der Waals surface area contributed by atoms with Crippen LogP contribution in [-0.4, -0.2) is 135 Å². The Hall–Kier alpha value is -3.83. The monoisotopic (exact) mass is 829 g/mol. The molecule has 3 saturated heterocycles.